The highest BCUT2D eigenvalue weighted by molar-refractivity contribution is 6.02. The van der Waals surface area contributed by atoms with E-state index in [0.29, 0.717) is 19.0 Å². The number of aromatic nitrogens is 1. The van der Waals surface area contributed by atoms with Crippen LogP contribution in [0.2, 0.25) is 0 Å². The lowest BCUT2D eigenvalue weighted by Gasteiger charge is -2.32. The van der Waals surface area contributed by atoms with Crippen molar-refractivity contribution in [2.75, 3.05) is 26.7 Å². The van der Waals surface area contributed by atoms with Gasteiger partial charge in [-0.25, -0.2) is 0 Å². The molecule has 4 rings (SSSR count). The summed E-state index contributed by atoms with van der Waals surface area (Å²) in [5, 5.41) is 0. The van der Waals surface area contributed by atoms with Crippen molar-refractivity contribution in [2.45, 2.75) is 44.9 Å². The second kappa shape index (κ2) is 9.51. The monoisotopic (exact) mass is 435 g/mol. The van der Waals surface area contributed by atoms with Crippen molar-refractivity contribution in [3.8, 4) is 16.9 Å². The van der Waals surface area contributed by atoms with Crippen LogP contribution in [0.25, 0.3) is 11.1 Å². The van der Waals surface area contributed by atoms with Crippen LogP contribution in [0.5, 0.6) is 5.75 Å². The second-order valence-electron chi connectivity index (χ2n) is 8.50. The summed E-state index contributed by atoms with van der Waals surface area (Å²) in [5.74, 6) is 0.788. The second-order valence-corrected chi connectivity index (χ2v) is 8.50. The molecule has 0 radical (unpaired) electrons. The molecule has 0 aliphatic carbocycles. The predicted molar refractivity (Wildman–Crippen MR) is 120 cm³/mol. The predicted octanol–water partition coefficient (Wildman–Crippen LogP) is 3.31. The lowest BCUT2D eigenvalue weighted by Crippen LogP contribution is -2.40. The Balaban J connectivity index is 1.37. The van der Waals surface area contributed by atoms with Gasteiger partial charge in [0, 0.05) is 56.2 Å². The Morgan fingerprint density at radius 3 is 2.47 bits per heavy atom. The number of nitrogens with zero attached hydrogens (tertiary/aromatic N) is 3. The van der Waals surface area contributed by atoms with E-state index in [1.807, 2.05) is 30.0 Å². The zero-order valence-corrected chi connectivity index (χ0v) is 18.7. The topological polar surface area (TPSA) is 79.8 Å². The van der Waals surface area contributed by atoms with Crippen molar-refractivity contribution >= 4 is 17.7 Å². The summed E-state index contributed by atoms with van der Waals surface area (Å²) in [6.45, 7) is 3.53. The molecule has 0 N–H and O–H groups in total. The molecule has 2 saturated heterocycles. The first-order valence-electron chi connectivity index (χ1n) is 11.2. The van der Waals surface area contributed by atoms with Crippen LogP contribution in [0.1, 0.15) is 49.4 Å². The molecule has 0 atom stereocenters. The SMILES string of the molecule is COc1cccc(-c2cc(C)nc(C3CCN(C(=O)CCN4C(=O)CCC4=O)CC3)c2)c1. The first-order chi connectivity index (χ1) is 15.4. The first kappa shape index (κ1) is 22.0. The number of pyridine rings is 1. The van der Waals surface area contributed by atoms with Crippen LogP contribution in [-0.4, -0.2) is 59.2 Å². The number of methoxy groups -OCH3 is 1. The number of piperidine rings is 1. The molecule has 2 aliphatic rings. The number of likely N-dealkylation sites (tertiary alicyclic amines) is 2. The van der Waals surface area contributed by atoms with E-state index in [-0.39, 0.29) is 43.5 Å². The van der Waals surface area contributed by atoms with Gasteiger partial charge in [0.15, 0.2) is 0 Å². The number of rotatable bonds is 6. The van der Waals surface area contributed by atoms with Gasteiger partial charge < -0.3 is 9.64 Å². The van der Waals surface area contributed by atoms with Crippen LogP contribution >= 0.6 is 0 Å². The number of aryl methyl sites for hydroxylation is 1. The highest BCUT2D eigenvalue weighted by Crippen LogP contribution is 2.31. The van der Waals surface area contributed by atoms with Crippen LogP contribution in [-0.2, 0) is 14.4 Å². The van der Waals surface area contributed by atoms with E-state index in [2.05, 4.69) is 18.2 Å². The minimum atomic E-state index is -0.168. The molecule has 7 heteroatoms. The molecule has 2 aromatic rings. The van der Waals surface area contributed by atoms with Crippen LogP contribution < -0.4 is 4.74 Å². The maximum atomic E-state index is 12.6. The van der Waals surface area contributed by atoms with Gasteiger partial charge in [-0.05, 0) is 55.2 Å². The zero-order chi connectivity index (χ0) is 22.7. The fourth-order valence-electron chi connectivity index (χ4n) is 4.54. The van der Waals surface area contributed by atoms with E-state index in [1.165, 1.54) is 4.90 Å². The smallest absolute Gasteiger partial charge is 0.229 e. The fraction of sp³-hybridized carbons (Fsp3) is 0.440. The average molecular weight is 436 g/mol. The molecule has 7 nitrogen and oxygen atoms in total. The van der Waals surface area contributed by atoms with Gasteiger partial charge in [0.05, 0.1) is 7.11 Å². The summed E-state index contributed by atoms with van der Waals surface area (Å²) in [4.78, 5) is 43.9. The largest absolute Gasteiger partial charge is 0.497 e. The molecule has 3 heterocycles. The highest BCUT2D eigenvalue weighted by Gasteiger charge is 2.30. The Hall–Kier alpha value is -3.22. The molecule has 0 bridgehead atoms. The van der Waals surface area contributed by atoms with Crippen LogP contribution in [0.3, 0.4) is 0 Å². The third-order valence-electron chi connectivity index (χ3n) is 6.35. The summed E-state index contributed by atoms with van der Waals surface area (Å²) in [6, 6.07) is 12.2. The van der Waals surface area contributed by atoms with Crippen LogP contribution in [0.4, 0.5) is 0 Å². The van der Waals surface area contributed by atoms with Crippen molar-refractivity contribution in [1.82, 2.24) is 14.8 Å². The number of carbonyl (C=O) groups is 3. The van der Waals surface area contributed by atoms with E-state index in [4.69, 9.17) is 9.72 Å². The van der Waals surface area contributed by atoms with E-state index in [1.54, 1.807) is 7.11 Å². The average Bonchev–Trinajstić information content (AvgIpc) is 3.14. The molecule has 1 aromatic heterocycles. The van der Waals surface area contributed by atoms with Crippen molar-refractivity contribution in [3.63, 3.8) is 0 Å². The molecule has 2 aliphatic heterocycles. The Kier molecular flexibility index (Phi) is 6.53. The lowest BCUT2D eigenvalue weighted by molar-refractivity contribution is -0.139. The van der Waals surface area contributed by atoms with Crippen molar-refractivity contribution in [1.29, 1.82) is 0 Å². The number of imide groups is 1. The molecular weight excluding hydrogens is 406 g/mol. The van der Waals surface area contributed by atoms with Crippen molar-refractivity contribution < 1.29 is 19.1 Å². The summed E-state index contributed by atoms with van der Waals surface area (Å²) in [7, 11) is 1.66. The minimum absolute atomic E-state index is 0.00483. The molecule has 0 spiro atoms. The summed E-state index contributed by atoms with van der Waals surface area (Å²) < 4.78 is 5.36. The molecule has 2 fully saturated rings. The Bertz CT molecular complexity index is 1010. The third kappa shape index (κ3) is 4.82. The maximum Gasteiger partial charge on any atom is 0.229 e. The van der Waals surface area contributed by atoms with Gasteiger partial charge in [0.25, 0.3) is 0 Å². The number of benzene rings is 1. The zero-order valence-electron chi connectivity index (χ0n) is 18.7. The number of hydrogen-bond acceptors (Lipinski definition) is 5. The van der Waals surface area contributed by atoms with Gasteiger partial charge in [-0.1, -0.05) is 12.1 Å². The third-order valence-corrected chi connectivity index (χ3v) is 6.35. The Labute approximate surface area is 188 Å². The van der Waals surface area contributed by atoms with Gasteiger partial charge in [0.2, 0.25) is 17.7 Å². The van der Waals surface area contributed by atoms with Gasteiger partial charge >= 0.3 is 0 Å². The fourth-order valence-corrected chi connectivity index (χ4v) is 4.54. The quantitative estimate of drug-likeness (QED) is 0.651. The normalized spacial score (nSPS) is 17.2. The van der Waals surface area contributed by atoms with Gasteiger partial charge in [-0.15, -0.1) is 0 Å². The van der Waals surface area contributed by atoms with E-state index in [0.717, 1.165) is 41.1 Å². The van der Waals surface area contributed by atoms with E-state index >= 15 is 0 Å². The van der Waals surface area contributed by atoms with Crippen molar-refractivity contribution in [2.24, 2.45) is 0 Å². The number of ether oxygens (including phenoxy) is 1. The number of hydrogen-bond donors (Lipinski definition) is 0. The Morgan fingerprint density at radius 1 is 1.06 bits per heavy atom. The first-order valence-corrected chi connectivity index (χ1v) is 11.2. The molecule has 168 valence electrons. The molecule has 32 heavy (non-hydrogen) atoms. The standard InChI is InChI=1S/C25H29N3O4/c1-17-14-20(19-4-3-5-21(15-19)32-2)16-22(26-17)18-8-11-27(12-9-18)23(29)10-13-28-24(30)6-7-25(28)31/h3-5,14-16,18H,6-13H2,1-2H3. The van der Waals surface area contributed by atoms with E-state index in [9.17, 15) is 14.4 Å². The lowest BCUT2D eigenvalue weighted by atomic mass is 9.91. The molecule has 1 aromatic carbocycles. The number of carbonyl (C=O) groups excluding carboxylic acids is 3. The highest BCUT2D eigenvalue weighted by atomic mass is 16.5. The minimum Gasteiger partial charge on any atom is -0.497 e. The molecule has 3 amide bonds. The van der Waals surface area contributed by atoms with Gasteiger partial charge in [0.1, 0.15) is 5.75 Å². The molecule has 0 saturated carbocycles. The Morgan fingerprint density at radius 2 is 1.78 bits per heavy atom. The molecule has 0 unspecified atom stereocenters. The number of amides is 3. The van der Waals surface area contributed by atoms with Gasteiger partial charge in [-0.3, -0.25) is 24.3 Å². The van der Waals surface area contributed by atoms with Gasteiger partial charge in [-0.2, -0.15) is 0 Å². The summed E-state index contributed by atoms with van der Waals surface area (Å²) >= 11 is 0. The maximum absolute atomic E-state index is 12.6. The summed E-state index contributed by atoms with van der Waals surface area (Å²) in [6.07, 6.45) is 2.42. The molecular formula is C25H29N3O4. The summed E-state index contributed by atoms with van der Waals surface area (Å²) in [5.41, 5.74) is 4.24. The van der Waals surface area contributed by atoms with Crippen LogP contribution in [0.15, 0.2) is 36.4 Å². The van der Waals surface area contributed by atoms with Crippen molar-refractivity contribution in [3.05, 3.63) is 47.8 Å². The van der Waals surface area contributed by atoms with Crippen LogP contribution in [0, 0.1) is 6.92 Å². The van der Waals surface area contributed by atoms with E-state index < -0.39 is 0 Å².